The van der Waals surface area contributed by atoms with Gasteiger partial charge in [0.1, 0.15) is 5.82 Å². The van der Waals surface area contributed by atoms with Crippen molar-refractivity contribution in [3.05, 3.63) is 48.3 Å². The molecule has 22 heavy (non-hydrogen) atoms. The molecule has 0 amide bonds. The predicted octanol–water partition coefficient (Wildman–Crippen LogP) is 3.24. The Labute approximate surface area is 128 Å². The van der Waals surface area contributed by atoms with Crippen LogP contribution in [-0.2, 0) is 0 Å². The summed E-state index contributed by atoms with van der Waals surface area (Å²) in [6, 6.07) is 14.1. The fourth-order valence-corrected chi connectivity index (χ4v) is 3.01. The lowest BCUT2D eigenvalue weighted by Crippen LogP contribution is -2.17. The zero-order chi connectivity index (χ0) is 14.9. The quantitative estimate of drug-likeness (QED) is 0.735. The van der Waals surface area contributed by atoms with Crippen molar-refractivity contribution in [2.75, 3.05) is 6.54 Å². The molecule has 3 aromatic rings. The van der Waals surface area contributed by atoms with Gasteiger partial charge in [0.2, 0.25) is 0 Å². The molecule has 0 radical (unpaired) electrons. The van der Waals surface area contributed by atoms with E-state index in [-0.39, 0.29) is 6.04 Å². The van der Waals surface area contributed by atoms with Crippen molar-refractivity contribution in [2.24, 2.45) is 0 Å². The van der Waals surface area contributed by atoms with Crippen LogP contribution in [0.3, 0.4) is 0 Å². The molecule has 0 aliphatic carbocycles. The normalized spacial score (nSPS) is 17.8. The number of pyridine rings is 1. The Balaban J connectivity index is 1.74. The molecule has 1 atom stereocenters. The van der Waals surface area contributed by atoms with E-state index in [1.54, 1.807) is 4.90 Å². The summed E-state index contributed by atoms with van der Waals surface area (Å²) in [4.78, 5) is 14.4. The Bertz CT molecular complexity index is 846. The van der Waals surface area contributed by atoms with Crippen LogP contribution in [0.4, 0.5) is 0 Å². The van der Waals surface area contributed by atoms with Gasteiger partial charge in [-0.05, 0) is 25.0 Å². The summed E-state index contributed by atoms with van der Waals surface area (Å²) in [5.41, 5.74) is 3.61. The molecular formula is C17H15N5. The second kappa shape index (κ2) is 5.15. The minimum absolute atomic E-state index is 0.0550. The van der Waals surface area contributed by atoms with E-state index < -0.39 is 0 Å². The van der Waals surface area contributed by atoms with Gasteiger partial charge in [-0.25, -0.2) is 9.97 Å². The molecule has 1 aliphatic heterocycles. The summed E-state index contributed by atoms with van der Waals surface area (Å²) >= 11 is 0. The van der Waals surface area contributed by atoms with Crippen molar-refractivity contribution < 1.29 is 0 Å². The minimum Gasteiger partial charge on any atom is -0.339 e. The van der Waals surface area contributed by atoms with Gasteiger partial charge >= 0.3 is 0 Å². The third kappa shape index (κ3) is 2.09. The Kier molecular flexibility index (Phi) is 3.01. The number of rotatable bonds is 2. The van der Waals surface area contributed by atoms with Crippen LogP contribution in [0.15, 0.2) is 42.5 Å². The highest BCUT2D eigenvalue weighted by Gasteiger charge is 2.27. The van der Waals surface area contributed by atoms with Crippen molar-refractivity contribution in [3.63, 3.8) is 0 Å². The Morgan fingerprint density at radius 2 is 2.00 bits per heavy atom. The van der Waals surface area contributed by atoms with E-state index in [0.717, 1.165) is 42.0 Å². The summed E-state index contributed by atoms with van der Waals surface area (Å²) in [7, 11) is 0. The van der Waals surface area contributed by atoms with Gasteiger partial charge < -0.3 is 9.88 Å². The zero-order valence-corrected chi connectivity index (χ0v) is 12.0. The van der Waals surface area contributed by atoms with Crippen molar-refractivity contribution in [1.29, 1.82) is 5.26 Å². The summed E-state index contributed by atoms with van der Waals surface area (Å²) in [5, 5.41) is 9.18. The van der Waals surface area contributed by atoms with E-state index >= 15 is 0 Å². The van der Waals surface area contributed by atoms with Crippen molar-refractivity contribution in [1.82, 2.24) is 19.9 Å². The molecule has 5 heteroatoms. The van der Waals surface area contributed by atoms with Gasteiger partial charge in [-0.15, -0.1) is 0 Å². The molecular weight excluding hydrogens is 274 g/mol. The number of fused-ring (bicyclic) bond motifs is 1. The smallest absolute Gasteiger partial charge is 0.180 e. The molecule has 108 valence electrons. The van der Waals surface area contributed by atoms with E-state index in [2.05, 4.69) is 21.1 Å². The fourth-order valence-electron chi connectivity index (χ4n) is 3.01. The third-order valence-corrected chi connectivity index (χ3v) is 4.13. The molecule has 0 spiro atoms. The van der Waals surface area contributed by atoms with Crippen molar-refractivity contribution in [2.45, 2.75) is 18.9 Å². The number of aromatic amines is 1. The number of imidazole rings is 1. The zero-order valence-electron chi connectivity index (χ0n) is 12.0. The van der Waals surface area contributed by atoms with Gasteiger partial charge in [-0.2, -0.15) is 5.26 Å². The number of likely N-dealkylation sites (tertiary alicyclic amines) is 1. The lowest BCUT2D eigenvalue weighted by atomic mass is 10.1. The highest BCUT2D eigenvalue weighted by atomic mass is 15.2. The number of aromatic nitrogens is 3. The van der Waals surface area contributed by atoms with E-state index in [4.69, 9.17) is 0 Å². The lowest BCUT2D eigenvalue weighted by molar-refractivity contribution is 0.362. The molecule has 2 aromatic heterocycles. The first-order valence-corrected chi connectivity index (χ1v) is 7.43. The Morgan fingerprint density at radius 3 is 2.82 bits per heavy atom. The first-order valence-electron chi connectivity index (χ1n) is 7.43. The summed E-state index contributed by atoms with van der Waals surface area (Å²) in [6.45, 7) is 0.806. The molecule has 1 unspecified atom stereocenters. The van der Waals surface area contributed by atoms with Gasteiger partial charge in [0, 0.05) is 12.1 Å². The molecule has 0 bridgehead atoms. The summed E-state index contributed by atoms with van der Waals surface area (Å²) < 4.78 is 0. The van der Waals surface area contributed by atoms with Crippen molar-refractivity contribution in [3.8, 4) is 17.5 Å². The molecule has 4 rings (SSSR count). The van der Waals surface area contributed by atoms with Crippen LogP contribution in [0.5, 0.6) is 0 Å². The monoisotopic (exact) mass is 289 g/mol. The average molecular weight is 289 g/mol. The summed E-state index contributed by atoms with van der Waals surface area (Å²) in [5.74, 6) is 0.840. The molecule has 1 aliphatic rings. The maximum Gasteiger partial charge on any atom is 0.180 e. The van der Waals surface area contributed by atoms with Crippen LogP contribution in [0.25, 0.3) is 22.4 Å². The number of benzene rings is 1. The van der Waals surface area contributed by atoms with Gasteiger partial charge in [0.05, 0.1) is 17.3 Å². The highest BCUT2D eigenvalue weighted by Crippen LogP contribution is 2.30. The fraction of sp³-hybridized carbons (Fsp3) is 0.235. The standard InChI is InChI=1S/C17H15N5/c18-11-22-10-4-7-15(22)17-20-14-9-8-13(19-16(14)21-17)12-5-2-1-3-6-12/h1-3,5-6,8-9,15H,4,7,10H2,(H,19,20,21). The highest BCUT2D eigenvalue weighted by molar-refractivity contribution is 5.75. The van der Waals surface area contributed by atoms with E-state index in [1.165, 1.54) is 0 Å². The number of nitrogens with zero attached hydrogens (tertiary/aromatic N) is 4. The molecule has 1 aromatic carbocycles. The number of hydrogen-bond donors (Lipinski definition) is 1. The first kappa shape index (κ1) is 12.8. The molecule has 3 heterocycles. The maximum atomic E-state index is 9.18. The minimum atomic E-state index is 0.0550. The Morgan fingerprint density at radius 1 is 1.14 bits per heavy atom. The van der Waals surface area contributed by atoms with Crippen LogP contribution in [0.1, 0.15) is 24.7 Å². The SMILES string of the molecule is N#CN1CCCC1c1nc2nc(-c3ccccc3)ccc2[nH]1. The molecule has 0 saturated carbocycles. The third-order valence-electron chi connectivity index (χ3n) is 4.13. The van der Waals surface area contributed by atoms with Gasteiger partial charge in [0.25, 0.3) is 0 Å². The van der Waals surface area contributed by atoms with E-state index in [9.17, 15) is 5.26 Å². The van der Waals surface area contributed by atoms with Gasteiger partial charge in [0.15, 0.2) is 11.8 Å². The topological polar surface area (TPSA) is 68.6 Å². The lowest BCUT2D eigenvalue weighted by Gasteiger charge is -2.14. The van der Waals surface area contributed by atoms with Gasteiger partial charge in [-0.1, -0.05) is 30.3 Å². The van der Waals surface area contributed by atoms with E-state index in [1.807, 2.05) is 42.5 Å². The van der Waals surface area contributed by atoms with Crippen LogP contribution < -0.4 is 0 Å². The Hall–Kier alpha value is -2.87. The van der Waals surface area contributed by atoms with Crippen LogP contribution in [-0.4, -0.2) is 26.4 Å². The van der Waals surface area contributed by atoms with E-state index in [0.29, 0.717) is 5.65 Å². The number of hydrogen-bond acceptors (Lipinski definition) is 4. The van der Waals surface area contributed by atoms with Crippen molar-refractivity contribution >= 4 is 11.2 Å². The number of H-pyrrole nitrogens is 1. The number of nitrogens with one attached hydrogen (secondary N) is 1. The average Bonchev–Trinajstić information content (AvgIpc) is 3.20. The first-order chi connectivity index (χ1) is 10.8. The second-order valence-electron chi connectivity index (χ2n) is 5.51. The summed E-state index contributed by atoms with van der Waals surface area (Å²) in [6.07, 6.45) is 4.23. The van der Waals surface area contributed by atoms with Crippen LogP contribution in [0, 0.1) is 11.5 Å². The second-order valence-corrected chi connectivity index (χ2v) is 5.51. The van der Waals surface area contributed by atoms with Crippen LogP contribution >= 0.6 is 0 Å². The molecule has 5 nitrogen and oxygen atoms in total. The van der Waals surface area contributed by atoms with Gasteiger partial charge in [-0.3, -0.25) is 0 Å². The largest absolute Gasteiger partial charge is 0.339 e. The molecule has 1 N–H and O–H groups in total. The predicted molar refractivity (Wildman–Crippen MR) is 83.6 cm³/mol. The van der Waals surface area contributed by atoms with Crippen LogP contribution in [0.2, 0.25) is 0 Å². The number of nitriles is 1. The molecule has 1 fully saturated rings. The maximum absolute atomic E-state index is 9.18. The molecule has 1 saturated heterocycles.